The maximum Gasteiger partial charge on any atom is 0.261 e. The molecule has 0 radical (unpaired) electrons. The number of aryl methyl sites for hydroxylation is 1. The van der Waals surface area contributed by atoms with Gasteiger partial charge in [0.05, 0.1) is 0 Å². The molecular weight excluding hydrogens is 406 g/mol. The van der Waals surface area contributed by atoms with Gasteiger partial charge < -0.3 is 9.88 Å². The molecule has 0 spiro atoms. The second-order valence-corrected chi connectivity index (χ2v) is 9.76. The Morgan fingerprint density at radius 1 is 1.23 bits per heavy atom. The van der Waals surface area contributed by atoms with Crippen molar-refractivity contribution in [3.8, 4) is 6.07 Å². The summed E-state index contributed by atoms with van der Waals surface area (Å²) in [5.41, 5.74) is 4.29. The summed E-state index contributed by atoms with van der Waals surface area (Å²) in [6.45, 7) is 4.43. The number of hydrogen-bond acceptors (Lipinski definition) is 3. The van der Waals surface area contributed by atoms with Gasteiger partial charge >= 0.3 is 0 Å². The minimum atomic E-state index is -1.07. The van der Waals surface area contributed by atoms with Crippen molar-refractivity contribution in [2.45, 2.75) is 57.7 Å². The Labute approximate surface area is 187 Å². The van der Waals surface area contributed by atoms with E-state index in [-0.39, 0.29) is 12.1 Å². The van der Waals surface area contributed by atoms with Crippen LogP contribution in [0.3, 0.4) is 0 Å². The SMILES string of the molecule is Cc1cc(/C=C(/C#N)C(=O)NCCS(=O)Cc2ccccc2)c(C)n1C1CCCCC1. The fourth-order valence-corrected chi connectivity index (χ4v) is 5.40. The quantitative estimate of drug-likeness (QED) is 0.485. The molecule has 1 amide bonds. The minimum Gasteiger partial charge on any atom is -0.350 e. The first kappa shape index (κ1) is 23.0. The molecule has 1 N–H and O–H groups in total. The second kappa shape index (κ2) is 11.1. The fourth-order valence-electron chi connectivity index (χ4n) is 4.36. The van der Waals surface area contributed by atoms with E-state index in [1.807, 2.05) is 36.4 Å². The van der Waals surface area contributed by atoms with Gasteiger partial charge in [0.2, 0.25) is 0 Å². The first-order chi connectivity index (χ1) is 15.0. The summed E-state index contributed by atoms with van der Waals surface area (Å²) in [4.78, 5) is 12.5. The molecule has 1 aliphatic rings. The molecule has 0 saturated heterocycles. The number of rotatable bonds is 8. The molecule has 1 aromatic carbocycles. The molecule has 3 rings (SSSR count). The monoisotopic (exact) mass is 437 g/mol. The van der Waals surface area contributed by atoms with E-state index in [1.54, 1.807) is 6.08 Å². The van der Waals surface area contributed by atoms with E-state index in [4.69, 9.17) is 0 Å². The van der Waals surface area contributed by atoms with Crippen LogP contribution in [0.2, 0.25) is 0 Å². The molecule has 6 heteroatoms. The van der Waals surface area contributed by atoms with Gasteiger partial charge in [0.1, 0.15) is 11.6 Å². The van der Waals surface area contributed by atoms with E-state index in [0.717, 1.165) is 16.8 Å². The van der Waals surface area contributed by atoms with E-state index >= 15 is 0 Å². The highest BCUT2D eigenvalue weighted by molar-refractivity contribution is 7.84. The van der Waals surface area contributed by atoms with Crippen molar-refractivity contribution in [2.75, 3.05) is 12.3 Å². The van der Waals surface area contributed by atoms with Gasteiger partial charge in [-0.05, 0) is 50.0 Å². The van der Waals surface area contributed by atoms with Crippen LogP contribution in [0.15, 0.2) is 42.0 Å². The van der Waals surface area contributed by atoms with Gasteiger partial charge in [0.25, 0.3) is 5.91 Å². The maximum absolute atomic E-state index is 12.5. The van der Waals surface area contributed by atoms with E-state index < -0.39 is 16.7 Å². The molecule has 31 heavy (non-hydrogen) atoms. The van der Waals surface area contributed by atoms with Gasteiger partial charge in [-0.1, -0.05) is 49.6 Å². The molecule has 0 aliphatic heterocycles. The number of aromatic nitrogens is 1. The third kappa shape index (κ3) is 6.18. The van der Waals surface area contributed by atoms with Gasteiger partial charge in [-0.3, -0.25) is 9.00 Å². The zero-order chi connectivity index (χ0) is 22.2. The van der Waals surface area contributed by atoms with E-state index in [0.29, 0.717) is 17.5 Å². The predicted octanol–water partition coefficient (Wildman–Crippen LogP) is 4.58. The lowest BCUT2D eigenvalue weighted by Gasteiger charge is -2.26. The molecule has 1 heterocycles. The van der Waals surface area contributed by atoms with Crippen LogP contribution in [0, 0.1) is 25.2 Å². The summed E-state index contributed by atoms with van der Waals surface area (Å²) in [6, 6.07) is 14.2. The largest absolute Gasteiger partial charge is 0.350 e. The molecule has 1 aromatic heterocycles. The number of nitrogens with zero attached hydrogens (tertiary/aromatic N) is 2. The van der Waals surface area contributed by atoms with Crippen molar-refractivity contribution in [1.29, 1.82) is 5.26 Å². The number of amides is 1. The minimum absolute atomic E-state index is 0.0812. The van der Waals surface area contributed by atoms with E-state index in [9.17, 15) is 14.3 Å². The summed E-state index contributed by atoms with van der Waals surface area (Å²) in [5, 5.41) is 12.3. The standard InChI is InChI=1S/C25H31N3O2S/c1-19-15-22(20(2)28(19)24-11-7-4-8-12-24)16-23(17-26)25(29)27-13-14-31(30)18-21-9-5-3-6-10-21/h3,5-6,9-10,15-16,24H,4,7-8,11-14,18H2,1-2H3,(H,27,29)/b23-16-. The molecule has 5 nitrogen and oxygen atoms in total. The maximum atomic E-state index is 12.5. The Bertz CT molecular complexity index is 996. The van der Waals surface area contributed by atoms with Gasteiger partial charge in [-0.25, -0.2) is 0 Å². The molecule has 2 aromatic rings. The summed E-state index contributed by atoms with van der Waals surface area (Å²) in [6.07, 6.45) is 7.86. The smallest absolute Gasteiger partial charge is 0.261 e. The van der Waals surface area contributed by atoms with Gasteiger partial charge in [0, 0.05) is 46.3 Å². The summed E-state index contributed by atoms with van der Waals surface area (Å²) < 4.78 is 14.6. The van der Waals surface area contributed by atoms with Crippen molar-refractivity contribution < 1.29 is 9.00 Å². The summed E-state index contributed by atoms with van der Waals surface area (Å²) in [5.74, 6) is 0.405. The van der Waals surface area contributed by atoms with Gasteiger partial charge in [0.15, 0.2) is 0 Å². The number of carbonyl (C=O) groups is 1. The Morgan fingerprint density at radius 3 is 2.61 bits per heavy atom. The van der Waals surface area contributed by atoms with Crippen molar-refractivity contribution in [3.05, 3.63) is 64.5 Å². The molecule has 1 aliphatic carbocycles. The lowest BCUT2D eigenvalue weighted by Crippen LogP contribution is -2.28. The molecule has 0 bridgehead atoms. The molecule has 1 atom stereocenters. The fraction of sp³-hybridized carbons (Fsp3) is 0.440. The number of nitrogens with one attached hydrogen (secondary N) is 1. The molecule has 1 saturated carbocycles. The van der Waals surface area contributed by atoms with Crippen LogP contribution in [0.5, 0.6) is 0 Å². The van der Waals surface area contributed by atoms with Crippen molar-refractivity contribution in [2.24, 2.45) is 0 Å². The molecular formula is C25H31N3O2S. The van der Waals surface area contributed by atoms with Crippen LogP contribution in [0.25, 0.3) is 6.08 Å². The number of benzene rings is 1. The van der Waals surface area contributed by atoms with Crippen molar-refractivity contribution in [1.82, 2.24) is 9.88 Å². The number of carbonyl (C=O) groups excluding carboxylic acids is 1. The van der Waals surface area contributed by atoms with Crippen LogP contribution in [-0.4, -0.2) is 27.0 Å². The first-order valence-electron chi connectivity index (χ1n) is 11.0. The molecule has 164 valence electrons. The van der Waals surface area contributed by atoms with Crippen LogP contribution < -0.4 is 5.32 Å². The Balaban J connectivity index is 1.60. The van der Waals surface area contributed by atoms with Gasteiger partial charge in [-0.2, -0.15) is 5.26 Å². The van der Waals surface area contributed by atoms with Gasteiger partial charge in [-0.15, -0.1) is 0 Å². The highest BCUT2D eigenvalue weighted by atomic mass is 32.2. The van der Waals surface area contributed by atoms with Crippen LogP contribution in [0.1, 0.15) is 60.7 Å². The first-order valence-corrected chi connectivity index (χ1v) is 12.5. The summed E-state index contributed by atoms with van der Waals surface area (Å²) in [7, 11) is -1.07. The summed E-state index contributed by atoms with van der Waals surface area (Å²) >= 11 is 0. The third-order valence-electron chi connectivity index (χ3n) is 5.91. The number of nitriles is 1. The Hall–Kier alpha value is -2.65. The second-order valence-electron chi connectivity index (χ2n) is 8.19. The Kier molecular flexibility index (Phi) is 8.25. The average molecular weight is 438 g/mol. The van der Waals surface area contributed by atoms with Crippen LogP contribution in [0.4, 0.5) is 0 Å². The Morgan fingerprint density at radius 2 is 1.94 bits per heavy atom. The van der Waals surface area contributed by atoms with E-state index in [2.05, 4.69) is 29.8 Å². The van der Waals surface area contributed by atoms with Crippen LogP contribution >= 0.6 is 0 Å². The van der Waals surface area contributed by atoms with Crippen LogP contribution in [-0.2, 0) is 21.3 Å². The highest BCUT2D eigenvalue weighted by Gasteiger charge is 2.20. The van der Waals surface area contributed by atoms with Crippen molar-refractivity contribution in [3.63, 3.8) is 0 Å². The molecule has 1 unspecified atom stereocenters. The number of hydrogen-bond donors (Lipinski definition) is 1. The zero-order valence-electron chi connectivity index (χ0n) is 18.4. The lowest BCUT2D eigenvalue weighted by molar-refractivity contribution is -0.116. The lowest BCUT2D eigenvalue weighted by atomic mass is 9.95. The average Bonchev–Trinajstić information content (AvgIpc) is 3.05. The zero-order valence-corrected chi connectivity index (χ0v) is 19.2. The topological polar surface area (TPSA) is 74.9 Å². The third-order valence-corrected chi connectivity index (χ3v) is 7.23. The predicted molar refractivity (Wildman–Crippen MR) is 126 cm³/mol. The molecule has 1 fully saturated rings. The normalized spacial score (nSPS) is 16.0. The highest BCUT2D eigenvalue weighted by Crippen LogP contribution is 2.32. The van der Waals surface area contributed by atoms with Crippen molar-refractivity contribution >= 4 is 22.8 Å². The van der Waals surface area contributed by atoms with E-state index in [1.165, 1.54) is 37.8 Å².